The Bertz CT molecular complexity index is 1160. The SMILES string of the molecule is Cc1cc(OCc2c(Cl)cccc2Cl)cc2c1C(=O)/C(=C/c1ccc(N(C)C)cc1)O2. The monoisotopic (exact) mass is 453 g/mol. The lowest BCUT2D eigenvalue weighted by Crippen LogP contribution is -2.08. The lowest BCUT2D eigenvalue weighted by molar-refractivity contribution is 0.101. The molecule has 1 aliphatic heterocycles. The fourth-order valence-electron chi connectivity index (χ4n) is 3.41. The first kappa shape index (κ1) is 21.3. The van der Waals surface area contributed by atoms with Crippen LogP contribution < -0.4 is 14.4 Å². The quantitative estimate of drug-likeness (QED) is 0.409. The Hall–Kier alpha value is -2.95. The van der Waals surface area contributed by atoms with Gasteiger partial charge in [-0.25, -0.2) is 0 Å². The average Bonchev–Trinajstić information content (AvgIpc) is 3.03. The maximum absolute atomic E-state index is 12.9. The Morgan fingerprint density at radius 2 is 1.71 bits per heavy atom. The van der Waals surface area contributed by atoms with Crippen LogP contribution >= 0.6 is 23.2 Å². The van der Waals surface area contributed by atoms with Crippen molar-refractivity contribution < 1.29 is 14.3 Å². The number of rotatable bonds is 5. The van der Waals surface area contributed by atoms with Gasteiger partial charge in [-0.3, -0.25) is 4.79 Å². The van der Waals surface area contributed by atoms with Crippen LogP contribution in [0.3, 0.4) is 0 Å². The van der Waals surface area contributed by atoms with Crippen LogP contribution in [-0.4, -0.2) is 19.9 Å². The van der Waals surface area contributed by atoms with Crippen LogP contribution in [0.5, 0.6) is 11.5 Å². The summed E-state index contributed by atoms with van der Waals surface area (Å²) in [6.45, 7) is 2.08. The van der Waals surface area contributed by atoms with Gasteiger partial charge in [0.15, 0.2) is 5.76 Å². The van der Waals surface area contributed by atoms with E-state index in [1.54, 1.807) is 30.3 Å². The largest absolute Gasteiger partial charge is 0.489 e. The molecular weight excluding hydrogens is 433 g/mol. The highest BCUT2D eigenvalue weighted by Gasteiger charge is 2.30. The molecule has 6 heteroatoms. The zero-order valence-corrected chi connectivity index (χ0v) is 18.9. The summed E-state index contributed by atoms with van der Waals surface area (Å²) in [4.78, 5) is 14.9. The minimum Gasteiger partial charge on any atom is -0.489 e. The number of Topliss-reactive ketones (excluding diaryl/α,β-unsaturated/α-hetero) is 1. The van der Waals surface area contributed by atoms with Crippen LogP contribution in [0.25, 0.3) is 6.08 Å². The maximum Gasteiger partial charge on any atom is 0.232 e. The molecule has 0 N–H and O–H groups in total. The Morgan fingerprint density at radius 1 is 1.03 bits per heavy atom. The third-order valence-electron chi connectivity index (χ3n) is 5.10. The first-order chi connectivity index (χ1) is 14.8. The highest BCUT2D eigenvalue weighted by molar-refractivity contribution is 6.35. The Kier molecular flexibility index (Phi) is 5.94. The number of carbonyl (C=O) groups is 1. The van der Waals surface area contributed by atoms with Gasteiger partial charge < -0.3 is 14.4 Å². The fraction of sp³-hybridized carbons (Fsp3) is 0.160. The van der Waals surface area contributed by atoms with Gasteiger partial charge in [0.05, 0.1) is 5.56 Å². The van der Waals surface area contributed by atoms with Crippen molar-refractivity contribution in [1.29, 1.82) is 0 Å². The third-order valence-corrected chi connectivity index (χ3v) is 5.80. The number of anilines is 1. The molecule has 0 spiro atoms. The van der Waals surface area contributed by atoms with Gasteiger partial charge in [-0.15, -0.1) is 0 Å². The molecule has 1 heterocycles. The summed E-state index contributed by atoms with van der Waals surface area (Å²) in [6, 6.07) is 16.8. The number of hydrogen-bond acceptors (Lipinski definition) is 4. The summed E-state index contributed by atoms with van der Waals surface area (Å²) in [5.41, 5.74) is 4.03. The van der Waals surface area contributed by atoms with E-state index in [-0.39, 0.29) is 12.4 Å². The van der Waals surface area contributed by atoms with Crippen LogP contribution in [0.1, 0.15) is 27.0 Å². The first-order valence-corrected chi connectivity index (χ1v) is 10.5. The molecule has 1 aliphatic rings. The molecule has 4 nitrogen and oxygen atoms in total. The van der Waals surface area contributed by atoms with Crippen molar-refractivity contribution in [1.82, 2.24) is 0 Å². The average molecular weight is 454 g/mol. The molecule has 4 rings (SSSR count). The minimum atomic E-state index is -0.134. The molecule has 0 amide bonds. The second-order valence-electron chi connectivity index (χ2n) is 7.53. The lowest BCUT2D eigenvalue weighted by Gasteiger charge is -2.12. The molecule has 0 saturated carbocycles. The van der Waals surface area contributed by atoms with E-state index in [1.165, 1.54) is 0 Å². The number of fused-ring (bicyclic) bond motifs is 1. The Morgan fingerprint density at radius 3 is 2.35 bits per heavy atom. The van der Waals surface area contributed by atoms with E-state index in [2.05, 4.69) is 0 Å². The van der Waals surface area contributed by atoms with Crippen LogP contribution in [0.15, 0.2) is 60.4 Å². The molecule has 3 aromatic carbocycles. The van der Waals surface area contributed by atoms with Crippen molar-refractivity contribution in [3.05, 3.63) is 92.7 Å². The number of aryl methyl sites for hydroxylation is 1. The molecule has 31 heavy (non-hydrogen) atoms. The van der Waals surface area contributed by atoms with Gasteiger partial charge >= 0.3 is 0 Å². The van der Waals surface area contributed by atoms with Crippen molar-refractivity contribution in [2.75, 3.05) is 19.0 Å². The normalized spacial score (nSPS) is 13.8. The molecule has 0 aromatic heterocycles. The summed E-state index contributed by atoms with van der Waals surface area (Å²) < 4.78 is 11.8. The van der Waals surface area contributed by atoms with Crippen molar-refractivity contribution in [3.8, 4) is 11.5 Å². The molecule has 0 aliphatic carbocycles. The van der Waals surface area contributed by atoms with E-state index in [4.69, 9.17) is 32.7 Å². The highest BCUT2D eigenvalue weighted by atomic mass is 35.5. The van der Waals surface area contributed by atoms with Crippen LogP contribution in [0.4, 0.5) is 5.69 Å². The topological polar surface area (TPSA) is 38.8 Å². The summed E-state index contributed by atoms with van der Waals surface area (Å²) in [5.74, 6) is 1.23. The van der Waals surface area contributed by atoms with Gasteiger partial charge in [-0.2, -0.15) is 0 Å². The van der Waals surface area contributed by atoms with Crippen molar-refractivity contribution in [2.24, 2.45) is 0 Å². The Balaban J connectivity index is 1.56. The Labute approximate surface area is 191 Å². The number of allylic oxidation sites excluding steroid dienone is 1. The fourth-order valence-corrected chi connectivity index (χ4v) is 3.91. The predicted molar refractivity (Wildman–Crippen MR) is 126 cm³/mol. The van der Waals surface area contributed by atoms with Gasteiger partial charge in [0, 0.05) is 41.5 Å². The number of halogens is 2. The van der Waals surface area contributed by atoms with Gasteiger partial charge in [-0.1, -0.05) is 41.4 Å². The third kappa shape index (κ3) is 4.41. The zero-order valence-electron chi connectivity index (χ0n) is 17.4. The summed E-state index contributed by atoms with van der Waals surface area (Å²) in [7, 11) is 3.96. The van der Waals surface area contributed by atoms with Gasteiger partial charge in [0.1, 0.15) is 18.1 Å². The predicted octanol–water partition coefficient (Wildman–Crippen LogP) is 6.56. The number of ketones is 1. The van der Waals surface area contributed by atoms with E-state index < -0.39 is 0 Å². The second kappa shape index (κ2) is 8.66. The van der Waals surface area contributed by atoms with E-state index >= 15 is 0 Å². The highest BCUT2D eigenvalue weighted by Crippen LogP contribution is 2.38. The number of nitrogens with zero attached hydrogens (tertiary/aromatic N) is 1. The molecule has 0 radical (unpaired) electrons. The standard InChI is InChI=1S/C25H21Cl2NO3/c1-15-11-18(30-14-19-20(26)5-4-6-21(19)27)13-22-24(15)25(29)23(31-22)12-16-7-9-17(10-8-16)28(2)3/h4-13H,14H2,1-3H3/b23-12-. The lowest BCUT2D eigenvalue weighted by atomic mass is 10.0. The van der Waals surface area contributed by atoms with E-state index in [1.807, 2.05) is 56.3 Å². The van der Waals surface area contributed by atoms with Crippen molar-refractivity contribution in [2.45, 2.75) is 13.5 Å². The van der Waals surface area contributed by atoms with Crippen molar-refractivity contribution in [3.63, 3.8) is 0 Å². The zero-order chi connectivity index (χ0) is 22.1. The number of benzene rings is 3. The van der Waals surface area contributed by atoms with Crippen LogP contribution in [0.2, 0.25) is 10.0 Å². The number of ether oxygens (including phenoxy) is 2. The molecule has 0 saturated heterocycles. The maximum atomic E-state index is 12.9. The molecule has 0 atom stereocenters. The second-order valence-corrected chi connectivity index (χ2v) is 8.34. The van der Waals surface area contributed by atoms with Gasteiger partial charge in [0.2, 0.25) is 5.78 Å². The smallest absolute Gasteiger partial charge is 0.232 e. The molecule has 3 aromatic rings. The number of hydrogen-bond donors (Lipinski definition) is 0. The van der Waals surface area contributed by atoms with Crippen molar-refractivity contribution >= 4 is 40.7 Å². The van der Waals surface area contributed by atoms with E-state index in [0.29, 0.717) is 38.4 Å². The first-order valence-electron chi connectivity index (χ1n) is 9.75. The molecular formula is C25H21Cl2NO3. The molecule has 158 valence electrons. The summed E-state index contributed by atoms with van der Waals surface area (Å²) in [6.07, 6.45) is 1.76. The molecule has 0 bridgehead atoms. The number of carbonyl (C=O) groups excluding carboxylic acids is 1. The van der Waals surface area contributed by atoms with Gasteiger partial charge in [0.25, 0.3) is 0 Å². The minimum absolute atomic E-state index is 0.134. The summed E-state index contributed by atoms with van der Waals surface area (Å²) >= 11 is 12.4. The van der Waals surface area contributed by atoms with E-state index in [0.717, 1.165) is 16.8 Å². The molecule has 0 unspecified atom stereocenters. The van der Waals surface area contributed by atoms with E-state index in [9.17, 15) is 4.79 Å². The van der Waals surface area contributed by atoms with Crippen LogP contribution in [-0.2, 0) is 6.61 Å². The van der Waals surface area contributed by atoms with Gasteiger partial charge in [-0.05, 0) is 54.5 Å². The molecule has 0 fully saturated rings. The summed E-state index contributed by atoms with van der Waals surface area (Å²) in [5, 5.41) is 1.09. The van der Waals surface area contributed by atoms with Crippen LogP contribution in [0, 0.1) is 6.92 Å².